The lowest BCUT2D eigenvalue weighted by Gasteiger charge is -2.22. The lowest BCUT2D eigenvalue weighted by Crippen LogP contribution is -2.37. The number of carbonyl (C=O) groups excluding carboxylic acids is 2. The highest BCUT2D eigenvalue weighted by molar-refractivity contribution is 5.92. The van der Waals surface area contributed by atoms with Crippen LogP contribution >= 0.6 is 0 Å². The number of esters is 1. The van der Waals surface area contributed by atoms with E-state index in [9.17, 15) is 9.59 Å². The van der Waals surface area contributed by atoms with Crippen LogP contribution < -0.4 is 5.32 Å². The zero-order valence-electron chi connectivity index (χ0n) is 13.4. The SMILES string of the molecule is CCCN(CCOC)C(=O)Nc1ccc(C(=O)OCC)cc1. The quantitative estimate of drug-likeness (QED) is 0.750. The summed E-state index contributed by atoms with van der Waals surface area (Å²) in [5, 5.41) is 2.81. The third-order valence-corrected chi connectivity index (χ3v) is 2.99. The van der Waals surface area contributed by atoms with Gasteiger partial charge < -0.3 is 19.7 Å². The van der Waals surface area contributed by atoms with Crippen LogP contribution in [0.15, 0.2) is 24.3 Å². The summed E-state index contributed by atoms with van der Waals surface area (Å²) in [5.74, 6) is -0.368. The number of nitrogens with zero attached hydrogens (tertiary/aromatic N) is 1. The predicted octanol–water partition coefficient (Wildman–Crippen LogP) is 2.75. The molecule has 0 heterocycles. The van der Waals surface area contributed by atoms with Gasteiger partial charge in [0.05, 0.1) is 18.8 Å². The lowest BCUT2D eigenvalue weighted by atomic mass is 10.2. The van der Waals surface area contributed by atoms with E-state index in [-0.39, 0.29) is 12.0 Å². The molecule has 2 amide bonds. The van der Waals surface area contributed by atoms with Crippen molar-refractivity contribution in [3.8, 4) is 0 Å². The molecule has 1 rings (SSSR count). The predicted molar refractivity (Wildman–Crippen MR) is 85.2 cm³/mol. The van der Waals surface area contributed by atoms with Crippen molar-refractivity contribution in [2.24, 2.45) is 0 Å². The highest BCUT2D eigenvalue weighted by atomic mass is 16.5. The van der Waals surface area contributed by atoms with Gasteiger partial charge in [-0.1, -0.05) is 6.92 Å². The molecule has 1 aromatic rings. The van der Waals surface area contributed by atoms with Gasteiger partial charge in [0.2, 0.25) is 0 Å². The van der Waals surface area contributed by atoms with Crippen molar-refractivity contribution in [3.63, 3.8) is 0 Å². The standard InChI is InChI=1S/C16H24N2O4/c1-4-10-18(11-12-21-3)16(20)17-14-8-6-13(7-9-14)15(19)22-5-2/h6-9H,4-5,10-12H2,1-3H3,(H,17,20). The summed E-state index contributed by atoms with van der Waals surface area (Å²) in [4.78, 5) is 25.5. The van der Waals surface area contributed by atoms with Gasteiger partial charge in [-0.25, -0.2) is 9.59 Å². The number of hydrogen-bond acceptors (Lipinski definition) is 4. The topological polar surface area (TPSA) is 67.9 Å². The second-order valence-electron chi connectivity index (χ2n) is 4.71. The van der Waals surface area contributed by atoms with E-state index in [1.54, 1.807) is 43.2 Å². The summed E-state index contributed by atoms with van der Waals surface area (Å²) in [6.45, 7) is 5.81. The highest BCUT2D eigenvalue weighted by Crippen LogP contribution is 2.11. The second-order valence-corrected chi connectivity index (χ2v) is 4.71. The van der Waals surface area contributed by atoms with Crippen molar-refractivity contribution in [3.05, 3.63) is 29.8 Å². The summed E-state index contributed by atoms with van der Waals surface area (Å²) in [5.41, 5.74) is 1.10. The number of ether oxygens (including phenoxy) is 2. The molecular weight excluding hydrogens is 284 g/mol. The van der Waals surface area contributed by atoms with Gasteiger partial charge in [-0.05, 0) is 37.6 Å². The fraction of sp³-hybridized carbons (Fsp3) is 0.500. The molecule has 0 aliphatic carbocycles. The number of rotatable bonds is 8. The van der Waals surface area contributed by atoms with E-state index in [0.717, 1.165) is 6.42 Å². The van der Waals surface area contributed by atoms with Gasteiger partial charge in [0, 0.05) is 25.9 Å². The molecule has 1 aromatic carbocycles. The van der Waals surface area contributed by atoms with Crippen LogP contribution in [0.3, 0.4) is 0 Å². The maximum absolute atomic E-state index is 12.2. The molecule has 22 heavy (non-hydrogen) atoms. The smallest absolute Gasteiger partial charge is 0.338 e. The van der Waals surface area contributed by atoms with Gasteiger partial charge in [-0.15, -0.1) is 0 Å². The molecule has 0 unspecified atom stereocenters. The Kier molecular flexibility index (Phi) is 7.99. The van der Waals surface area contributed by atoms with Crippen molar-refractivity contribution < 1.29 is 19.1 Å². The maximum atomic E-state index is 12.2. The Hall–Kier alpha value is -2.08. The Bertz CT molecular complexity index is 474. The minimum Gasteiger partial charge on any atom is -0.462 e. The molecule has 0 spiro atoms. The molecule has 1 N–H and O–H groups in total. The van der Waals surface area contributed by atoms with Crippen LogP contribution in [-0.2, 0) is 9.47 Å². The average molecular weight is 308 g/mol. The minimum atomic E-state index is -0.368. The van der Waals surface area contributed by atoms with Crippen molar-refractivity contribution in [2.45, 2.75) is 20.3 Å². The van der Waals surface area contributed by atoms with Crippen LogP contribution in [0.4, 0.5) is 10.5 Å². The number of methoxy groups -OCH3 is 1. The Labute approximate surface area is 131 Å². The van der Waals surface area contributed by atoms with E-state index in [2.05, 4.69) is 5.32 Å². The third kappa shape index (κ3) is 5.73. The molecule has 0 radical (unpaired) electrons. The number of amides is 2. The molecule has 0 saturated carbocycles. The van der Waals surface area contributed by atoms with Gasteiger partial charge in [-0.2, -0.15) is 0 Å². The van der Waals surface area contributed by atoms with Crippen molar-refractivity contribution in [1.82, 2.24) is 4.90 Å². The summed E-state index contributed by atoms with van der Waals surface area (Å²) in [6, 6.07) is 6.46. The Balaban J connectivity index is 2.64. The Morgan fingerprint density at radius 3 is 2.36 bits per heavy atom. The van der Waals surface area contributed by atoms with Crippen LogP contribution in [0.5, 0.6) is 0 Å². The Morgan fingerprint density at radius 1 is 1.14 bits per heavy atom. The molecule has 6 nitrogen and oxygen atoms in total. The summed E-state index contributed by atoms with van der Waals surface area (Å²) in [6.07, 6.45) is 0.874. The van der Waals surface area contributed by atoms with E-state index in [1.807, 2.05) is 6.92 Å². The van der Waals surface area contributed by atoms with Crippen molar-refractivity contribution in [2.75, 3.05) is 38.7 Å². The molecule has 0 aliphatic rings. The molecular formula is C16H24N2O4. The molecule has 0 saturated heterocycles. The molecule has 0 aliphatic heterocycles. The normalized spacial score (nSPS) is 10.1. The van der Waals surface area contributed by atoms with Gasteiger partial charge in [0.1, 0.15) is 0 Å². The number of nitrogens with one attached hydrogen (secondary N) is 1. The summed E-state index contributed by atoms with van der Waals surface area (Å²) < 4.78 is 9.93. The fourth-order valence-corrected chi connectivity index (χ4v) is 1.89. The second kappa shape index (κ2) is 9.78. The summed E-state index contributed by atoms with van der Waals surface area (Å²) >= 11 is 0. The molecule has 0 aromatic heterocycles. The van der Waals surface area contributed by atoms with E-state index in [1.165, 1.54) is 0 Å². The van der Waals surface area contributed by atoms with E-state index >= 15 is 0 Å². The molecule has 0 atom stereocenters. The van der Waals surface area contributed by atoms with Crippen LogP contribution in [0, 0.1) is 0 Å². The summed E-state index contributed by atoms with van der Waals surface area (Å²) in [7, 11) is 1.61. The van der Waals surface area contributed by atoms with Gasteiger partial charge in [0.15, 0.2) is 0 Å². The van der Waals surface area contributed by atoms with E-state index in [0.29, 0.717) is 37.6 Å². The monoisotopic (exact) mass is 308 g/mol. The van der Waals surface area contributed by atoms with Crippen LogP contribution in [-0.4, -0.2) is 50.3 Å². The number of hydrogen-bond donors (Lipinski definition) is 1. The van der Waals surface area contributed by atoms with Crippen LogP contribution in [0.2, 0.25) is 0 Å². The largest absolute Gasteiger partial charge is 0.462 e. The van der Waals surface area contributed by atoms with Gasteiger partial charge in [-0.3, -0.25) is 0 Å². The lowest BCUT2D eigenvalue weighted by molar-refractivity contribution is 0.0526. The van der Waals surface area contributed by atoms with Gasteiger partial charge in [0.25, 0.3) is 0 Å². The van der Waals surface area contributed by atoms with E-state index < -0.39 is 0 Å². The van der Waals surface area contributed by atoms with E-state index in [4.69, 9.17) is 9.47 Å². The fourth-order valence-electron chi connectivity index (χ4n) is 1.89. The first-order chi connectivity index (χ1) is 10.6. The van der Waals surface area contributed by atoms with Crippen LogP contribution in [0.1, 0.15) is 30.6 Å². The average Bonchev–Trinajstić information content (AvgIpc) is 2.52. The minimum absolute atomic E-state index is 0.178. The zero-order chi connectivity index (χ0) is 16.4. The van der Waals surface area contributed by atoms with Crippen molar-refractivity contribution in [1.29, 1.82) is 0 Å². The number of urea groups is 1. The maximum Gasteiger partial charge on any atom is 0.338 e. The molecule has 0 fully saturated rings. The number of carbonyl (C=O) groups is 2. The Morgan fingerprint density at radius 2 is 1.82 bits per heavy atom. The molecule has 0 bridgehead atoms. The first-order valence-electron chi connectivity index (χ1n) is 7.44. The van der Waals surface area contributed by atoms with Crippen LogP contribution in [0.25, 0.3) is 0 Å². The molecule has 6 heteroatoms. The number of benzene rings is 1. The number of anilines is 1. The first kappa shape index (κ1) is 18.0. The molecule has 122 valence electrons. The van der Waals surface area contributed by atoms with Gasteiger partial charge >= 0.3 is 12.0 Å². The van der Waals surface area contributed by atoms with Crippen molar-refractivity contribution >= 4 is 17.7 Å². The first-order valence-corrected chi connectivity index (χ1v) is 7.44. The third-order valence-electron chi connectivity index (χ3n) is 2.99. The zero-order valence-corrected chi connectivity index (χ0v) is 13.4. The highest BCUT2D eigenvalue weighted by Gasteiger charge is 2.13.